The van der Waals surface area contributed by atoms with Crippen molar-refractivity contribution in [1.29, 1.82) is 0 Å². The summed E-state index contributed by atoms with van der Waals surface area (Å²) < 4.78 is 11.0. The number of ether oxygens (including phenoxy) is 2. The Morgan fingerprint density at radius 1 is 1.03 bits per heavy atom. The lowest BCUT2D eigenvalue weighted by Crippen LogP contribution is -2.40. The highest BCUT2D eigenvalue weighted by molar-refractivity contribution is 14.0. The Morgan fingerprint density at radius 2 is 1.73 bits per heavy atom. The molecule has 0 bridgehead atoms. The van der Waals surface area contributed by atoms with Crippen molar-refractivity contribution >= 4 is 29.9 Å². The second kappa shape index (κ2) is 15.0. The van der Waals surface area contributed by atoms with Gasteiger partial charge < -0.3 is 30.1 Å². The van der Waals surface area contributed by atoms with E-state index in [0.29, 0.717) is 19.0 Å². The van der Waals surface area contributed by atoms with Gasteiger partial charge in [0, 0.05) is 13.1 Å². The van der Waals surface area contributed by atoms with E-state index in [1.165, 1.54) is 0 Å². The Labute approximate surface area is 215 Å². The van der Waals surface area contributed by atoms with Gasteiger partial charge in [-0.05, 0) is 70.3 Å². The summed E-state index contributed by atoms with van der Waals surface area (Å²) in [5, 5.41) is 17.2. The number of nitrogens with one attached hydrogen (secondary N) is 2. The summed E-state index contributed by atoms with van der Waals surface area (Å²) in [6, 6.07) is 15.7. The molecule has 2 unspecified atom stereocenters. The quantitative estimate of drug-likeness (QED) is 0.216. The molecule has 0 spiro atoms. The summed E-state index contributed by atoms with van der Waals surface area (Å²) in [6.07, 6.45) is -0.593. The highest BCUT2D eigenvalue weighted by Gasteiger charge is 2.15. The van der Waals surface area contributed by atoms with Crippen LogP contribution in [0.15, 0.2) is 53.5 Å². The third-order valence-electron chi connectivity index (χ3n) is 4.97. The standard InChI is InChI=1S/C25H38N4O3.HI/c1-7-26-25(27-16-23(29(4)5)19-11-13-21(31-6)14-12-19)28-17-24(30)20-9-8-10-22(15-20)32-18(2)3;/h8-15,18,23-24,30H,7,16-17H2,1-6H3,(H2,26,27,28);1H. The number of methoxy groups -OCH3 is 1. The number of aliphatic imine (C=N–C) groups is 1. The van der Waals surface area contributed by atoms with Crippen molar-refractivity contribution in [2.24, 2.45) is 4.99 Å². The normalized spacial score (nSPS) is 13.3. The van der Waals surface area contributed by atoms with Crippen LogP contribution in [0.1, 0.15) is 44.0 Å². The van der Waals surface area contributed by atoms with E-state index in [1.54, 1.807) is 7.11 Å². The van der Waals surface area contributed by atoms with E-state index in [0.717, 1.165) is 29.2 Å². The molecule has 0 saturated carbocycles. The van der Waals surface area contributed by atoms with Crippen LogP contribution in [0, 0.1) is 0 Å². The number of rotatable bonds is 11. The maximum atomic E-state index is 10.7. The average molecular weight is 571 g/mol. The third kappa shape index (κ3) is 9.77. The van der Waals surface area contributed by atoms with Gasteiger partial charge in [-0.3, -0.25) is 4.99 Å². The van der Waals surface area contributed by atoms with Crippen LogP contribution < -0.4 is 20.1 Å². The molecule has 0 amide bonds. The van der Waals surface area contributed by atoms with Crippen LogP contribution in [0.4, 0.5) is 0 Å². The second-order valence-electron chi connectivity index (χ2n) is 8.11. The van der Waals surface area contributed by atoms with Gasteiger partial charge in [0.15, 0.2) is 5.96 Å². The third-order valence-corrected chi connectivity index (χ3v) is 4.97. The predicted octanol–water partition coefficient (Wildman–Crippen LogP) is 3.99. The number of likely N-dealkylation sites (N-methyl/N-ethyl adjacent to an activating group) is 1. The van der Waals surface area contributed by atoms with Crippen molar-refractivity contribution < 1.29 is 14.6 Å². The summed E-state index contributed by atoms with van der Waals surface area (Å²) in [5.74, 6) is 2.26. The molecule has 2 aromatic carbocycles. The van der Waals surface area contributed by atoms with Gasteiger partial charge in [0.05, 0.1) is 31.9 Å². The number of halogens is 1. The molecule has 184 valence electrons. The Hall–Kier alpha value is -2.04. The van der Waals surface area contributed by atoms with Crippen molar-refractivity contribution in [3.8, 4) is 11.5 Å². The molecule has 3 N–H and O–H groups in total. The fraction of sp³-hybridized carbons (Fsp3) is 0.480. The maximum absolute atomic E-state index is 10.7. The largest absolute Gasteiger partial charge is 0.497 e. The summed E-state index contributed by atoms with van der Waals surface area (Å²) >= 11 is 0. The van der Waals surface area contributed by atoms with Crippen molar-refractivity contribution in [1.82, 2.24) is 15.5 Å². The predicted molar refractivity (Wildman–Crippen MR) is 146 cm³/mol. The van der Waals surface area contributed by atoms with Gasteiger partial charge in [0.2, 0.25) is 0 Å². The van der Waals surface area contributed by atoms with Crippen LogP contribution >= 0.6 is 24.0 Å². The van der Waals surface area contributed by atoms with Crippen molar-refractivity contribution in [3.05, 3.63) is 59.7 Å². The zero-order chi connectivity index (χ0) is 23.5. The lowest BCUT2D eigenvalue weighted by molar-refractivity contribution is 0.179. The molecule has 0 fully saturated rings. The summed E-state index contributed by atoms with van der Waals surface area (Å²) in [4.78, 5) is 6.91. The molecule has 0 saturated heterocycles. The lowest BCUT2D eigenvalue weighted by Gasteiger charge is -2.24. The average Bonchev–Trinajstić information content (AvgIpc) is 2.77. The molecule has 2 aromatic rings. The summed E-state index contributed by atoms with van der Waals surface area (Å²) in [6.45, 7) is 7.63. The van der Waals surface area contributed by atoms with Crippen LogP contribution in [-0.2, 0) is 0 Å². The smallest absolute Gasteiger partial charge is 0.191 e. The van der Waals surface area contributed by atoms with Gasteiger partial charge in [-0.15, -0.1) is 24.0 Å². The van der Waals surface area contributed by atoms with E-state index in [2.05, 4.69) is 27.7 Å². The number of aliphatic hydroxyl groups excluding tert-OH is 1. The number of aliphatic hydroxyl groups is 1. The minimum absolute atomic E-state index is 0. The zero-order valence-electron chi connectivity index (χ0n) is 20.5. The maximum Gasteiger partial charge on any atom is 0.191 e. The molecule has 0 aliphatic rings. The van der Waals surface area contributed by atoms with Crippen molar-refractivity contribution in [3.63, 3.8) is 0 Å². The molecule has 0 radical (unpaired) electrons. The number of hydrogen-bond donors (Lipinski definition) is 3. The van der Waals surface area contributed by atoms with E-state index < -0.39 is 6.10 Å². The van der Waals surface area contributed by atoms with Crippen LogP contribution in [-0.4, -0.2) is 62.9 Å². The van der Waals surface area contributed by atoms with Crippen LogP contribution in [0.25, 0.3) is 0 Å². The van der Waals surface area contributed by atoms with Crippen LogP contribution in [0.3, 0.4) is 0 Å². The molecular weight excluding hydrogens is 531 g/mol. The minimum Gasteiger partial charge on any atom is -0.497 e. The number of hydrogen-bond acceptors (Lipinski definition) is 5. The molecule has 33 heavy (non-hydrogen) atoms. The topological polar surface area (TPSA) is 78.4 Å². The van der Waals surface area contributed by atoms with E-state index >= 15 is 0 Å². The van der Waals surface area contributed by atoms with Gasteiger partial charge in [-0.25, -0.2) is 0 Å². The van der Waals surface area contributed by atoms with Crippen LogP contribution in [0.5, 0.6) is 11.5 Å². The Kier molecular flexibility index (Phi) is 13.2. The van der Waals surface area contributed by atoms with Gasteiger partial charge in [-0.1, -0.05) is 24.3 Å². The first kappa shape index (κ1) is 29.0. The SMILES string of the molecule is CCNC(=NCC(c1ccc(OC)cc1)N(C)C)NCC(O)c1cccc(OC(C)C)c1.I. The fourth-order valence-electron chi connectivity index (χ4n) is 3.29. The Bertz CT molecular complexity index is 844. The first-order valence-electron chi connectivity index (χ1n) is 11.1. The van der Waals surface area contributed by atoms with Crippen molar-refractivity contribution in [2.45, 2.75) is 39.0 Å². The van der Waals surface area contributed by atoms with Gasteiger partial charge >= 0.3 is 0 Å². The highest BCUT2D eigenvalue weighted by atomic mass is 127. The first-order valence-corrected chi connectivity index (χ1v) is 11.1. The molecule has 0 aliphatic carbocycles. The monoisotopic (exact) mass is 570 g/mol. The molecule has 0 aromatic heterocycles. The first-order chi connectivity index (χ1) is 15.3. The molecule has 2 atom stereocenters. The number of benzene rings is 2. The van der Waals surface area contributed by atoms with Gasteiger partial charge in [-0.2, -0.15) is 0 Å². The van der Waals surface area contributed by atoms with E-state index in [9.17, 15) is 5.11 Å². The Morgan fingerprint density at radius 3 is 2.30 bits per heavy atom. The van der Waals surface area contributed by atoms with Crippen molar-refractivity contribution in [2.75, 3.05) is 40.8 Å². The van der Waals surface area contributed by atoms with E-state index in [4.69, 9.17) is 14.5 Å². The van der Waals surface area contributed by atoms with Gasteiger partial charge in [0.25, 0.3) is 0 Å². The summed E-state index contributed by atoms with van der Waals surface area (Å²) in [7, 11) is 5.75. The zero-order valence-corrected chi connectivity index (χ0v) is 22.9. The summed E-state index contributed by atoms with van der Waals surface area (Å²) in [5.41, 5.74) is 1.97. The lowest BCUT2D eigenvalue weighted by atomic mass is 10.1. The second-order valence-corrected chi connectivity index (χ2v) is 8.11. The molecule has 2 rings (SSSR count). The van der Waals surface area contributed by atoms with Crippen LogP contribution in [0.2, 0.25) is 0 Å². The van der Waals surface area contributed by atoms with E-state index in [1.807, 2.05) is 71.3 Å². The highest BCUT2D eigenvalue weighted by Crippen LogP contribution is 2.22. The molecule has 0 aliphatic heterocycles. The molecule has 0 heterocycles. The number of nitrogens with zero attached hydrogens (tertiary/aromatic N) is 2. The van der Waals surface area contributed by atoms with Gasteiger partial charge in [0.1, 0.15) is 11.5 Å². The molecular formula is C25H39IN4O3. The number of guanidine groups is 1. The Balaban J connectivity index is 0.00000544. The molecule has 7 nitrogen and oxygen atoms in total. The molecule has 8 heteroatoms. The minimum atomic E-state index is -0.680. The fourth-order valence-corrected chi connectivity index (χ4v) is 3.29. The van der Waals surface area contributed by atoms with E-state index in [-0.39, 0.29) is 36.1 Å².